The topological polar surface area (TPSA) is 75.2 Å². The molecule has 0 aliphatic carbocycles. The fraction of sp³-hybridized carbons (Fsp3) is 0.652. The van der Waals surface area contributed by atoms with Crippen LogP contribution in [0.5, 0.6) is 0 Å². The van der Waals surface area contributed by atoms with Gasteiger partial charge in [0.2, 0.25) is 0 Å². The molecule has 176 valence electrons. The van der Waals surface area contributed by atoms with Crippen LogP contribution in [-0.2, 0) is 16.0 Å². The summed E-state index contributed by atoms with van der Waals surface area (Å²) < 4.78 is 11.3. The van der Waals surface area contributed by atoms with Gasteiger partial charge in [0.15, 0.2) is 5.96 Å². The molecule has 31 heavy (non-hydrogen) atoms. The van der Waals surface area contributed by atoms with Gasteiger partial charge in [-0.1, -0.05) is 25.5 Å². The summed E-state index contributed by atoms with van der Waals surface area (Å²) in [5.41, 5.74) is 1.81. The molecular weight excluding hydrogens is 507 g/mol. The van der Waals surface area contributed by atoms with Crippen molar-refractivity contribution in [3.8, 4) is 0 Å². The number of nitrogens with one attached hydrogen (secondary N) is 2. The highest BCUT2D eigenvalue weighted by Crippen LogP contribution is 2.15. The third-order valence-corrected chi connectivity index (χ3v) is 4.99. The Morgan fingerprint density at radius 3 is 2.39 bits per heavy atom. The molecule has 1 fully saturated rings. The highest BCUT2D eigenvalue weighted by Gasteiger charge is 2.26. The predicted molar refractivity (Wildman–Crippen MR) is 136 cm³/mol. The van der Waals surface area contributed by atoms with Crippen molar-refractivity contribution in [3.63, 3.8) is 0 Å². The first kappa shape index (κ1) is 27.6. The van der Waals surface area contributed by atoms with E-state index in [9.17, 15) is 4.79 Å². The minimum absolute atomic E-state index is 0. The molecule has 2 N–H and O–H groups in total. The summed E-state index contributed by atoms with van der Waals surface area (Å²) >= 11 is 0. The molecule has 1 saturated heterocycles. The van der Waals surface area contributed by atoms with Crippen molar-refractivity contribution in [3.05, 3.63) is 35.4 Å². The SMILES string of the molecule is CCCCOCCCNC(=NC)NCc1ccc(C(=O)N2CC(C)OC(C)C2)cc1.I. The normalized spacial score (nSPS) is 19.0. The highest BCUT2D eigenvalue weighted by atomic mass is 127. The number of guanidine groups is 1. The molecule has 1 heterocycles. The van der Waals surface area contributed by atoms with Gasteiger partial charge in [0.1, 0.15) is 0 Å². The quantitative estimate of drug-likeness (QED) is 0.204. The van der Waals surface area contributed by atoms with Crippen molar-refractivity contribution < 1.29 is 14.3 Å². The average molecular weight is 546 g/mol. The maximum absolute atomic E-state index is 12.8. The number of unbranched alkanes of at least 4 members (excludes halogenated alkanes) is 1. The summed E-state index contributed by atoms with van der Waals surface area (Å²) in [5.74, 6) is 0.829. The van der Waals surface area contributed by atoms with E-state index in [1.807, 2.05) is 43.0 Å². The van der Waals surface area contributed by atoms with E-state index >= 15 is 0 Å². The van der Waals surface area contributed by atoms with Crippen LogP contribution >= 0.6 is 24.0 Å². The van der Waals surface area contributed by atoms with E-state index in [1.54, 1.807) is 7.05 Å². The number of nitrogens with zero attached hydrogens (tertiary/aromatic N) is 2. The van der Waals surface area contributed by atoms with Crippen LogP contribution in [-0.4, -0.2) is 68.9 Å². The van der Waals surface area contributed by atoms with Crippen molar-refractivity contribution in [1.82, 2.24) is 15.5 Å². The number of carbonyl (C=O) groups is 1. The number of hydrogen-bond acceptors (Lipinski definition) is 4. The number of carbonyl (C=O) groups excluding carboxylic acids is 1. The second-order valence-corrected chi connectivity index (χ2v) is 7.84. The molecule has 1 aliphatic heterocycles. The number of aliphatic imine (C=N–C) groups is 1. The summed E-state index contributed by atoms with van der Waals surface area (Å²) in [7, 11) is 1.76. The summed E-state index contributed by atoms with van der Waals surface area (Å²) in [5, 5.41) is 6.60. The monoisotopic (exact) mass is 546 g/mol. The third kappa shape index (κ3) is 10.2. The van der Waals surface area contributed by atoms with Crippen LogP contribution in [0.1, 0.15) is 56.0 Å². The zero-order valence-corrected chi connectivity index (χ0v) is 21.7. The smallest absolute Gasteiger partial charge is 0.254 e. The number of ether oxygens (including phenoxy) is 2. The van der Waals surface area contributed by atoms with Crippen LogP contribution < -0.4 is 10.6 Å². The van der Waals surface area contributed by atoms with Crippen molar-refractivity contribution in [2.45, 2.75) is 58.8 Å². The lowest BCUT2D eigenvalue weighted by atomic mass is 10.1. The third-order valence-electron chi connectivity index (χ3n) is 4.99. The van der Waals surface area contributed by atoms with E-state index in [2.05, 4.69) is 22.5 Å². The standard InChI is InChI=1S/C23H38N4O3.HI/c1-5-6-13-29-14-7-12-25-23(24-4)26-15-20-8-10-21(11-9-20)22(28)27-16-18(2)30-19(3)17-27;/h8-11,18-19H,5-7,12-17H2,1-4H3,(H2,24,25,26);1H. The Bertz CT molecular complexity index is 659. The predicted octanol–water partition coefficient (Wildman–Crippen LogP) is 3.43. The molecule has 1 aromatic rings. The minimum Gasteiger partial charge on any atom is -0.381 e. The Balaban J connectivity index is 0.00000480. The van der Waals surface area contributed by atoms with Crippen LogP contribution in [0.4, 0.5) is 0 Å². The first-order valence-electron chi connectivity index (χ1n) is 11.1. The van der Waals surface area contributed by atoms with Gasteiger partial charge in [-0.05, 0) is 44.4 Å². The van der Waals surface area contributed by atoms with Gasteiger partial charge < -0.3 is 25.0 Å². The molecule has 2 unspecified atom stereocenters. The van der Waals surface area contributed by atoms with Crippen LogP contribution in [0.2, 0.25) is 0 Å². The van der Waals surface area contributed by atoms with Gasteiger partial charge in [-0.15, -0.1) is 24.0 Å². The maximum atomic E-state index is 12.8. The molecule has 0 bridgehead atoms. The molecule has 1 aliphatic rings. The van der Waals surface area contributed by atoms with Crippen molar-refractivity contribution in [2.75, 3.05) is 39.9 Å². The Labute approximate surface area is 204 Å². The molecule has 0 spiro atoms. The average Bonchev–Trinajstić information content (AvgIpc) is 2.74. The molecule has 0 radical (unpaired) electrons. The van der Waals surface area contributed by atoms with Crippen LogP contribution in [0.15, 0.2) is 29.3 Å². The number of morpholine rings is 1. The number of amides is 1. The Morgan fingerprint density at radius 1 is 1.13 bits per heavy atom. The summed E-state index contributed by atoms with van der Waals surface area (Å²) in [6, 6.07) is 7.77. The lowest BCUT2D eigenvalue weighted by molar-refractivity contribution is -0.0586. The van der Waals surface area contributed by atoms with Crippen molar-refractivity contribution >= 4 is 35.8 Å². The first-order valence-corrected chi connectivity index (χ1v) is 11.1. The highest BCUT2D eigenvalue weighted by molar-refractivity contribution is 14.0. The number of halogens is 1. The molecule has 7 nitrogen and oxygen atoms in total. The van der Waals surface area contributed by atoms with E-state index in [-0.39, 0.29) is 42.1 Å². The molecule has 8 heteroatoms. The zero-order valence-electron chi connectivity index (χ0n) is 19.4. The fourth-order valence-electron chi connectivity index (χ4n) is 3.43. The van der Waals surface area contributed by atoms with Crippen LogP contribution in [0.3, 0.4) is 0 Å². The molecule has 0 saturated carbocycles. The Morgan fingerprint density at radius 2 is 1.77 bits per heavy atom. The lowest BCUT2D eigenvalue weighted by Gasteiger charge is -2.35. The van der Waals surface area contributed by atoms with E-state index in [4.69, 9.17) is 9.47 Å². The number of hydrogen-bond donors (Lipinski definition) is 2. The van der Waals surface area contributed by atoms with Crippen LogP contribution in [0, 0.1) is 0 Å². The molecule has 1 amide bonds. The zero-order chi connectivity index (χ0) is 21.8. The van der Waals surface area contributed by atoms with E-state index < -0.39 is 0 Å². The summed E-state index contributed by atoms with van der Waals surface area (Å²) in [6.45, 7) is 10.5. The van der Waals surface area contributed by atoms with Gasteiger partial charge in [-0.2, -0.15) is 0 Å². The largest absolute Gasteiger partial charge is 0.381 e. The van der Waals surface area contributed by atoms with Gasteiger partial charge in [0, 0.05) is 52.0 Å². The van der Waals surface area contributed by atoms with Gasteiger partial charge in [0.05, 0.1) is 12.2 Å². The fourth-order valence-corrected chi connectivity index (χ4v) is 3.43. The maximum Gasteiger partial charge on any atom is 0.254 e. The first-order chi connectivity index (χ1) is 14.5. The summed E-state index contributed by atoms with van der Waals surface area (Å²) in [4.78, 5) is 18.9. The Kier molecular flexibility index (Phi) is 13.7. The second kappa shape index (κ2) is 15.4. The van der Waals surface area contributed by atoms with E-state index in [0.29, 0.717) is 25.2 Å². The molecule has 1 aromatic carbocycles. The molecule has 0 aromatic heterocycles. The molecule has 2 rings (SSSR count). The van der Waals surface area contributed by atoms with Gasteiger partial charge in [-0.25, -0.2) is 0 Å². The minimum atomic E-state index is 0. The van der Waals surface area contributed by atoms with Gasteiger partial charge in [-0.3, -0.25) is 9.79 Å². The Hall–Kier alpha value is -1.39. The molecule has 2 atom stereocenters. The second-order valence-electron chi connectivity index (χ2n) is 7.84. The number of benzene rings is 1. The van der Waals surface area contributed by atoms with Crippen molar-refractivity contribution in [1.29, 1.82) is 0 Å². The molecular formula is C23H39IN4O3. The van der Waals surface area contributed by atoms with E-state index in [0.717, 1.165) is 50.5 Å². The van der Waals surface area contributed by atoms with Gasteiger partial charge in [0.25, 0.3) is 5.91 Å². The van der Waals surface area contributed by atoms with Gasteiger partial charge >= 0.3 is 0 Å². The number of rotatable bonds is 10. The van der Waals surface area contributed by atoms with E-state index in [1.165, 1.54) is 0 Å². The van der Waals surface area contributed by atoms with Crippen LogP contribution in [0.25, 0.3) is 0 Å². The lowest BCUT2D eigenvalue weighted by Crippen LogP contribution is -2.48. The summed E-state index contributed by atoms with van der Waals surface area (Å²) in [6.07, 6.45) is 3.37. The van der Waals surface area contributed by atoms with Crippen molar-refractivity contribution in [2.24, 2.45) is 4.99 Å².